The largest absolute Gasteiger partial charge is 0.397 e. The maximum Gasteiger partial charge on any atom is 0.397 e. The van der Waals surface area contributed by atoms with Crippen LogP contribution in [0.4, 0.5) is 0 Å². The molecule has 3 atom stereocenters. The summed E-state index contributed by atoms with van der Waals surface area (Å²) < 4.78 is 57.6. The minimum absolute atomic E-state index is 0.166. The number of rotatable bonds is 18. The van der Waals surface area contributed by atoms with E-state index in [1.54, 1.807) is 0 Å². The first-order chi connectivity index (χ1) is 20.5. The summed E-state index contributed by atoms with van der Waals surface area (Å²) in [6.07, 6.45) is -2.81. The molecular weight excluding hydrogens is 554 g/mol. The molecule has 0 spiro atoms. The van der Waals surface area contributed by atoms with Crippen molar-refractivity contribution in [2.75, 3.05) is 13.2 Å². The molecule has 222 valence electrons. The molecule has 0 unspecified atom stereocenters. The van der Waals surface area contributed by atoms with E-state index in [1.807, 2.05) is 121 Å². The van der Waals surface area contributed by atoms with Gasteiger partial charge < -0.3 is 19.5 Å². The molecule has 42 heavy (non-hydrogen) atoms. The van der Waals surface area contributed by atoms with Gasteiger partial charge in [-0.25, -0.2) is 4.18 Å². The minimum Gasteiger partial charge on any atom is -0.374 e. The van der Waals surface area contributed by atoms with Crippen molar-refractivity contribution in [3.8, 4) is 0 Å². The van der Waals surface area contributed by atoms with Crippen molar-refractivity contribution < 1.29 is 31.4 Å². The molecule has 0 heterocycles. The third-order valence-electron chi connectivity index (χ3n) is 6.48. The Balaban J connectivity index is 1.57. The second kappa shape index (κ2) is 16.9. The first-order valence-electron chi connectivity index (χ1n) is 13.8. The van der Waals surface area contributed by atoms with E-state index >= 15 is 0 Å². The Bertz CT molecular complexity index is 1390. The van der Waals surface area contributed by atoms with Crippen molar-refractivity contribution in [1.29, 1.82) is 0 Å². The van der Waals surface area contributed by atoms with E-state index in [0.29, 0.717) is 13.1 Å². The molecule has 0 radical (unpaired) electrons. The Morgan fingerprint density at radius 3 is 1.55 bits per heavy atom. The standard InChI is InChI=1S/C33H37NO7S/c35-42(36,37)41-32(26-38-23-28-15-7-2-8-16-28)33(40-25-30-19-11-4-12-20-30)31(39-24-29-17-9-3-10-18-29)22-34-21-27-13-5-1-6-14-27/h1-20,31-34H,21-26H2,(H,35,36,37)/t31-,32+,33+/m0/s1. The van der Waals surface area contributed by atoms with Crippen LogP contribution in [0.15, 0.2) is 121 Å². The van der Waals surface area contributed by atoms with E-state index in [2.05, 4.69) is 5.32 Å². The maximum absolute atomic E-state index is 12.0. The molecule has 0 bridgehead atoms. The second-order valence-corrected chi connectivity index (χ2v) is 10.8. The monoisotopic (exact) mass is 591 g/mol. The van der Waals surface area contributed by atoms with Crippen LogP contribution in [0, 0.1) is 0 Å². The first kappa shape index (κ1) is 31.5. The van der Waals surface area contributed by atoms with Crippen molar-refractivity contribution in [2.24, 2.45) is 0 Å². The van der Waals surface area contributed by atoms with Gasteiger partial charge >= 0.3 is 10.4 Å². The van der Waals surface area contributed by atoms with Crippen molar-refractivity contribution in [2.45, 2.75) is 44.7 Å². The summed E-state index contributed by atoms with van der Waals surface area (Å²) in [6, 6.07) is 38.6. The average Bonchev–Trinajstić information content (AvgIpc) is 3.01. The zero-order chi connectivity index (χ0) is 29.5. The van der Waals surface area contributed by atoms with Gasteiger partial charge in [-0.05, 0) is 22.3 Å². The normalized spacial score (nSPS) is 13.8. The topological polar surface area (TPSA) is 103 Å². The van der Waals surface area contributed by atoms with Crippen molar-refractivity contribution in [3.05, 3.63) is 144 Å². The Kier molecular flexibility index (Phi) is 12.7. The van der Waals surface area contributed by atoms with Gasteiger partial charge in [0.05, 0.1) is 32.5 Å². The molecule has 0 aliphatic carbocycles. The van der Waals surface area contributed by atoms with Crippen LogP contribution in [-0.2, 0) is 55.2 Å². The summed E-state index contributed by atoms with van der Waals surface area (Å²) in [5, 5.41) is 3.40. The van der Waals surface area contributed by atoms with Crippen molar-refractivity contribution in [3.63, 3.8) is 0 Å². The number of benzene rings is 4. The van der Waals surface area contributed by atoms with Gasteiger partial charge in [-0.1, -0.05) is 121 Å². The third kappa shape index (κ3) is 11.5. The van der Waals surface area contributed by atoms with E-state index in [9.17, 15) is 13.0 Å². The van der Waals surface area contributed by atoms with Crippen LogP contribution < -0.4 is 5.32 Å². The predicted molar refractivity (Wildman–Crippen MR) is 161 cm³/mol. The first-order valence-corrected chi connectivity index (χ1v) is 15.2. The summed E-state index contributed by atoms with van der Waals surface area (Å²) in [7, 11) is -4.85. The lowest BCUT2D eigenvalue weighted by Crippen LogP contribution is -2.49. The van der Waals surface area contributed by atoms with E-state index in [-0.39, 0.29) is 26.4 Å². The Morgan fingerprint density at radius 2 is 1.05 bits per heavy atom. The lowest BCUT2D eigenvalue weighted by molar-refractivity contribution is -0.139. The van der Waals surface area contributed by atoms with Gasteiger partial charge in [0.15, 0.2) is 0 Å². The molecule has 0 saturated carbocycles. The molecular formula is C33H37NO7S. The summed E-state index contributed by atoms with van der Waals surface area (Å²) >= 11 is 0. The number of hydrogen-bond acceptors (Lipinski definition) is 7. The van der Waals surface area contributed by atoms with Crippen LogP contribution in [0.2, 0.25) is 0 Å². The molecule has 4 rings (SSSR count). The van der Waals surface area contributed by atoms with Crippen LogP contribution >= 0.6 is 0 Å². The molecule has 9 heteroatoms. The number of ether oxygens (including phenoxy) is 3. The van der Waals surface area contributed by atoms with Gasteiger partial charge in [-0.2, -0.15) is 8.42 Å². The fourth-order valence-corrected chi connectivity index (χ4v) is 4.90. The molecule has 0 saturated heterocycles. The summed E-state index contributed by atoms with van der Waals surface area (Å²) in [5.41, 5.74) is 3.82. The van der Waals surface area contributed by atoms with Crippen LogP contribution in [0.5, 0.6) is 0 Å². The quantitative estimate of drug-likeness (QED) is 0.149. The molecule has 4 aromatic rings. The van der Waals surface area contributed by atoms with E-state index < -0.39 is 28.7 Å². The Labute approximate surface area is 248 Å². The summed E-state index contributed by atoms with van der Waals surface area (Å²) in [5.74, 6) is 0. The SMILES string of the molecule is O=S(=O)(O)O[C@H](COCc1ccccc1)[C@H](OCc1ccccc1)[C@H](CNCc1ccccc1)OCc1ccccc1. The van der Waals surface area contributed by atoms with Crippen LogP contribution in [0.3, 0.4) is 0 Å². The minimum atomic E-state index is -4.85. The lowest BCUT2D eigenvalue weighted by Gasteiger charge is -2.33. The Hall–Kier alpha value is -3.41. The molecule has 0 aliphatic heterocycles. The fourth-order valence-electron chi connectivity index (χ4n) is 4.42. The van der Waals surface area contributed by atoms with Crippen molar-refractivity contribution >= 4 is 10.4 Å². The molecule has 2 N–H and O–H groups in total. The number of hydrogen-bond donors (Lipinski definition) is 2. The third-order valence-corrected chi connectivity index (χ3v) is 6.97. The molecule has 4 aromatic carbocycles. The highest BCUT2D eigenvalue weighted by Gasteiger charge is 2.35. The van der Waals surface area contributed by atoms with Crippen LogP contribution in [0.25, 0.3) is 0 Å². The lowest BCUT2D eigenvalue weighted by atomic mass is 10.1. The van der Waals surface area contributed by atoms with E-state index in [4.69, 9.17) is 18.4 Å². The molecule has 0 aliphatic rings. The molecule has 0 aromatic heterocycles. The highest BCUT2D eigenvalue weighted by atomic mass is 32.3. The highest BCUT2D eigenvalue weighted by molar-refractivity contribution is 7.80. The van der Waals surface area contributed by atoms with Gasteiger partial charge in [0.25, 0.3) is 0 Å². The van der Waals surface area contributed by atoms with E-state index in [0.717, 1.165) is 22.3 Å². The van der Waals surface area contributed by atoms with Gasteiger partial charge in [-0.3, -0.25) is 4.55 Å². The Morgan fingerprint density at radius 1 is 0.595 bits per heavy atom. The van der Waals surface area contributed by atoms with Gasteiger partial charge in [0, 0.05) is 13.1 Å². The van der Waals surface area contributed by atoms with E-state index in [1.165, 1.54) is 0 Å². The fraction of sp³-hybridized carbons (Fsp3) is 0.273. The molecule has 8 nitrogen and oxygen atoms in total. The zero-order valence-corrected chi connectivity index (χ0v) is 24.1. The van der Waals surface area contributed by atoms with Crippen LogP contribution in [0.1, 0.15) is 22.3 Å². The molecule has 0 amide bonds. The summed E-state index contributed by atoms with van der Waals surface area (Å²) in [6.45, 7) is 1.35. The predicted octanol–water partition coefficient (Wildman–Crippen LogP) is 5.35. The summed E-state index contributed by atoms with van der Waals surface area (Å²) in [4.78, 5) is 0. The van der Waals surface area contributed by atoms with Gasteiger partial charge in [0.1, 0.15) is 12.2 Å². The van der Waals surface area contributed by atoms with Gasteiger partial charge in [0.2, 0.25) is 0 Å². The maximum atomic E-state index is 12.0. The average molecular weight is 592 g/mol. The van der Waals surface area contributed by atoms with Gasteiger partial charge in [-0.15, -0.1) is 0 Å². The number of nitrogens with one attached hydrogen (secondary N) is 1. The smallest absolute Gasteiger partial charge is 0.374 e. The second-order valence-electron chi connectivity index (χ2n) is 9.78. The zero-order valence-electron chi connectivity index (χ0n) is 23.3. The van der Waals surface area contributed by atoms with Crippen molar-refractivity contribution in [1.82, 2.24) is 5.32 Å². The highest BCUT2D eigenvalue weighted by Crippen LogP contribution is 2.20. The van der Waals surface area contributed by atoms with Crippen LogP contribution in [-0.4, -0.2) is 44.4 Å². The molecule has 0 fully saturated rings.